The number of halogens is 2. The van der Waals surface area contributed by atoms with Gasteiger partial charge in [0, 0.05) is 22.7 Å². The Morgan fingerprint density at radius 3 is 2.67 bits per heavy atom. The highest BCUT2D eigenvalue weighted by Crippen LogP contribution is 2.21. The first-order valence-electron chi connectivity index (χ1n) is 6.88. The lowest BCUT2D eigenvalue weighted by Crippen LogP contribution is -2.03. The summed E-state index contributed by atoms with van der Waals surface area (Å²) in [5, 5.41) is 1.19. The van der Waals surface area contributed by atoms with Gasteiger partial charge in [-0.25, -0.2) is 4.39 Å². The van der Waals surface area contributed by atoms with Crippen LogP contribution in [0.2, 0.25) is 0 Å². The molecule has 108 valence electrons. The second-order valence-electron chi connectivity index (χ2n) is 5.15. The SMILES string of the molecule is NCCc1ccc2ccn(Cc3cc(F)cc(Br)c3)c2c1. The van der Waals surface area contributed by atoms with Gasteiger partial charge in [-0.3, -0.25) is 0 Å². The highest BCUT2D eigenvalue weighted by atomic mass is 79.9. The lowest BCUT2D eigenvalue weighted by Gasteiger charge is -2.08. The van der Waals surface area contributed by atoms with Crippen LogP contribution in [0.3, 0.4) is 0 Å². The van der Waals surface area contributed by atoms with Crippen LogP contribution in [0.25, 0.3) is 10.9 Å². The molecule has 0 amide bonds. The molecule has 0 aliphatic rings. The van der Waals surface area contributed by atoms with Crippen molar-refractivity contribution < 1.29 is 4.39 Å². The average Bonchev–Trinajstić information content (AvgIpc) is 2.81. The van der Waals surface area contributed by atoms with E-state index in [0.717, 1.165) is 22.0 Å². The monoisotopic (exact) mass is 346 g/mol. The summed E-state index contributed by atoms with van der Waals surface area (Å²) in [5.41, 5.74) is 8.94. The number of hydrogen-bond acceptors (Lipinski definition) is 1. The van der Waals surface area contributed by atoms with Crippen molar-refractivity contribution in [1.82, 2.24) is 4.57 Å². The molecule has 0 spiro atoms. The number of nitrogens with zero attached hydrogens (tertiary/aromatic N) is 1. The van der Waals surface area contributed by atoms with Crippen LogP contribution in [-0.2, 0) is 13.0 Å². The van der Waals surface area contributed by atoms with Crippen LogP contribution in [0.15, 0.2) is 53.1 Å². The van der Waals surface area contributed by atoms with Crippen LogP contribution in [0.1, 0.15) is 11.1 Å². The maximum Gasteiger partial charge on any atom is 0.124 e. The first kappa shape index (κ1) is 14.3. The van der Waals surface area contributed by atoms with Crippen LogP contribution in [0.5, 0.6) is 0 Å². The van der Waals surface area contributed by atoms with Gasteiger partial charge in [-0.1, -0.05) is 28.1 Å². The van der Waals surface area contributed by atoms with E-state index in [1.807, 2.05) is 12.3 Å². The molecular formula is C17H16BrFN2. The van der Waals surface area contributed by atoms with Gasteiger partial charge in [0.05, 0.1) is 0 Å². The van der Waals surface area contributed by atoms with Crippen molar-refractivity contribution in [2.45, 2.75) is 13.0 Å². The summed E-state index contributed by atoms with van der Waals surface area (Å²) >= 11 is 3.34. The fourth-order valence-electron chi connectivity index (χ4n) is 2.59. The molecule has 0 bridgehead atoms. The third-order valence-electron chi connectivity index (χ3n) is 3.55. The second kappa shape index (κ2) is 6.00. The van der Waals surface area contributed by atoms with Crippen molar-refractivity contribution in [3.8, 4) is 0 Å². The molecule has 3 rings (SSSR count). The second-order valence-corrected chi connectivity index (χ2v) is 6.07. The maximum absolute atomic E-state index is 13.5. The first-order chi connectivity index (χ1) is 10.2. The Balaban J connectivity index is 1.97. The Kier molecular flexibility index (Phi) is 4.08. The van der Waals surface area contributed by atoms with E-state index in [-0.39, 0.29) is 5.82 Å². The summed E-state index contributed by atoms with van der Waals surface area (Å²) in [6.45, 7) is 1.29. The molecule has 0 fully saturated rings. The van der Waals surface area contributed by atoms with E-state index in [1.165, 1.54) is 17.0 Å². The summed E-state index contributed by atoms with van der Waals surface area (Å²) in [5.74, 6) is -0.223. The number of hydrogen-bond donors (Lipinski definition) is 1. The smallest absolute Gasteiger partial charge is 0.124 e. The molecule has 1 aromatic heterocycles. The number of fused-ring (bicyclic) bond motifs is 1. The molecule has 0 unspecified atom stereocenters. The summed E-state index contributed by atoms with van der Waals surface area (Å²) in [7, 11) is 0. The highest BCUT2D eigenvalue weighted by Gasteiger charge is 2.05. The molecule has 4 heteroatoms. The molecule has 0 saturated heterocycles. The minimum absolute atomic E-state index is 0.223. The Labute approximate surface area is 131 Å². The van der Waals surface area contributed by atoms with E-state index >= 15 is 0 Å². The molecule has 3 aromatic rings. The van der Waals surface area contributed by atoms with Crippen molar-refractivity contribution in [2.75, 3.05) is 6.54 Å². The fraction of sp³-hybridized carbons (Fsp3) is 0.176. The quantitative estimate of drug-likeness (QED) is 0.757. The van der Waals surface area contributed by atoms with Gasteiger partial charge in [0.15, 0.2) is 0 Å². The summed E-state index contributed by atoms with van der Waals surface area (Å²) in [4.78, 5) is 0. The number of aromatic nitrogens is 1. The van der Waals surface area contributed by atoms with Crippen LogP contribution >= 0.6 is 15.9 Å². The number of rotatable bonds is 4. The lowest BCUT2D eigenvalue weighted by molar-refractivity contribution is 0.623. The van der Waals surface area contributed by atoms with Crippen LogP contribution in [-0.4, -0.2) is 11.1 Å². The summed E-state index contributed by atoms with van der Waals surface area (Å²) < 4.78 is 16.4. The zero-order chi connectivity index (χ0) is 14.8. The number of benzene rings is 2. The van der Waals surface area contributed by atoms with Gasteiger partial charge in [0.2, 0.25) is 0 Å². The Bertz CT molecular complexity index is 759. The van der Waals surface area contributed by atoms with Gasteiger partial charge in [0.1, 0.15) is 5.82 Å². The van der Waals surface area contributed by atoms with Crippen LogP contribution in [0, 0.1) is 5.82 Å². The minimum Gasteiger partial charge on any atom is -0.343 e. The minimum atomic E-state index is -0.223. The zero-order valence-corrected chi connectivity index (χ0v) is 13.1. The van der Waals surface area contributed by atoms with E-state index in [1.54, 1.807) is 6.07 Å². The van der Waals surface area contributed by atoms with Crippen LogP contribution < -0.4 is 5.73 Å². The lowest BCUT2D eigenvalue weighted by atomic mass is 10.1. The van der Waals surface area contributed by atoms with E-state index < -0.39 is 0 Å². The maximum atomic E-state index is 13.5. The molecule has 21 heavy (non-hydrogen) atoms. The molecule has 0 saturated carbocycles. The molecular weight excluding hydrogens is 331 g/mol. The molecule has 2 N–H and O–H groups in total. The van der Waals surface area contributed by atoms with E-state index in [0.29, 0.717) is 13.1 Å². The van der Waals surface area contributed by atoms with Crippen molar-refractivity contribution in [3.63, 3.8) is 0 Å². The number of nitrogens with two attached hydrogens (primary N) is 1. The zero-order valence-electron chi connectivity index (χ0n) is 11.5. The van der Waals surface area contributed by atoms with E-state index in [4.69, 9.17) is 5.73 Å². The van der Waals surface area contributed by atoms with Gasteiger partial charge < -0.3 is 10.3 Å². The van der Waals surface area contributed by atoms with Gasteiger partial charge in [-0.15, -0.1) is 0 Å². The molecule has 2 aromatic carbocycles. The predicted molar refractivity (Wildman–Crippen MR) is 87.9 cm³/mol. The summed E-state index contributed by atoms with van der Waals surface area (Å²) in [6.07, 6.45) is 2.91. The molecule has 0 radical (unpaired) electrons. The molecule has 1 heterocycles. The van der Waals surface area contributed by atoms with Crippen molar-refractivity contribution in [3.05, 3.63) is 70.1 Å². The molecule has 0 atom stereocenters. The third kappa shape index (κ3) is 3.17. The highest BCUT2D eigenvalue weighted by molar-refractivity contribution is 9.10. The van der Waals surface area contributed by atoms with Crippen molar-refractivity contribution >= 4 is 26.8 Å². The largest absolute Gasteiger partial charge is 0.343 e. The third-order valence-corrected chi connectivity index (χ3v) is 4.00. The van der Waals surface area contributed by atoms with Gasteiger partial charge >= 0.3 is 0 Å². The Hall–Kier alpha value is -1.65. The molecule has 0 aliphatic carbocycles. The summed E-state index contributed by atoms with van der Waals surface area (Å²) in [6, 6.07) is 13.4. The van der Waals surface area contributed by atoms with Gasteiger partial charge in [-0.05, 0) is 59.8 Å². The fourth-order valence-corrected chi connectivity index (χ4v) is 3.10. The van der Waals surface area contributed by atoms with E-state index in [2.05, 4.69) is 44.8 Å². The standard InChI is InChI=1S/C17H16BrFN2/c18-15-7-13(8-16(19)10-15)11-21-6-4-14-2-1-12(3-5-20)9-17(14)21/h1-2,4,6-10H,3,5,11,20H2. The Morgan fingerprint density at radius 1 is 1.05 bits per heavy atom. The van der Waals surface area contributed by atoms with Crippen molar-refractivity contribution in [2.24, 2.45) is 5.73 Å². The van der Waals surface area contributed by atoms with Gasteiger partial charge in [-0.2, -0.15) is 0 Å². The predicted octanol–water partition coefficient (Wildman–Crippen LogP) is 4.09. The average molecular weight is 347 g/mol. The van der Waals surface area contributed by atoms with Crippen molar-refractivity contribution in [1.29, 1.82) is 0 Å². The molecule has 2 nitrogen and oxygen atoms in total. The Morgan fingerprint density at radius 2 is 1.90 bits per heavy atom. The van der Waals surface area contributed by atoms with Crippen LogP contribution in [0.4, 0.5) is 4.39 Å². The molecule has 0 aliphatic heterocycles. The normalized spacial score (nSPS) is 11.2. The van der Waals surface area contributed by atoms with Gasteiger partial charge in [0.25, 0.3) is 0 Å². The van der Waals surface area contributed by atoms with E-state index in [9.17, 15) is 4.39 Å². The topological polar surface area (TPSA) is 30.9 Å². The first-order valence-corrected chi connectivity index (χ1v) is 7.68.